The summed E-state index contributed by atoms with van der Waals surface area (Å²) >= 11 is 0. The number of hydrogen-bond donors (Lipinski definition) is 2. The molecule has 0 aromatic heterocycles. The van der Waals surface area contributed by atoms with E-state index in [1.165, 1.54) is 5.56 Å². The van der Waals surface area contributed by atoms with E-state index in [-0.39, 0.29) is 6.04 Å². The maximum Gasteiger partial charge on any atom is 0.274 e. The van der Waals surface area contributed by atoms with Crippen molar-refractivity contribution in [2.75, 3.05) is 0 Å². The quantitative estimate of drug-likeness (QED) is 0.777. The lowest BCUT2D eigenvalue weighted by Gasteiger charge is -2.16. The molecule has 17 heavy (non-hydrogen) atoms. The van der Waals surface area contributed by atoms with E-state index in [1.54, 1.807) is 0 Å². The van der Waals surface area contributed by atoms with Crippen LogP contribution in [0.1, 0.15) is 31.7 Å². The van der Waals surface area contributed by atoms with Crippen molar-refractivity contribution < 1.29 is 8.42 Å². The van der Waals surface area contributed by atoms with E-state index in [4.69, 9.17) is 5.14 Å². The highest BCUT2D eigenvalue weighted by molar-refractivity contribution is 7.87. The second kappa shape index (κ2) is 6.74. The van der Waals surface area contributed by atoms with Gasteiger partial charge in [-0.2, -0.15) is 13.1 Å². The third-order valence-corrected chi connectivity index (χ3v) is 3.25. The summed E-state index contributed by atoms with van der Waals surface area (Å²) in [6, 6.07) is 9.94. The summed E-state index contributed by atoms with van der Waals surface area (Å²) in [5.74, 6) is 0. The second-order valence-electron chi connectivity index (χ2n) is 4.17. The summed E-state index contributed by atoms with van der Waals surface area (Å²) in [5.41, 5.74) is 1.21. The maximum atomic E-state index is 11.0. The summed E-state index contributed by atoms with van der Waals surface area (Å²) < 4.78 is 24.5. The van der Waals surface area contributed by atoms with Gasteiger partial charge in [-0.1, -0.05) is 43.7 Å². The molecular formula is C12H20N2O2S. The number of nitrogens with one attached hydrogen (secondary N) is 1. The van der Waals surface area contributed by atoms with Crippen molar-refractivity contribution >= 4 is 10.2 Å². The van der Waals surface area contributed by atoms with Gasteiger partial charge in [-0.25, -0.2) is 5.14 Å². The molecule has 1 unspecified atom stereocenters. The first-order valence-electron chi connectivity index (χ1n) is 5.85. The zero-order valence-corrected chi connectivity index (χ0v) is 10.9. The lowest BCUT2D eigenvalue weighted by molar-refractivity contribution is 0.499. The van der Waals surface area contributed by atoms with Crippen LogP contribution in [0.3, 0.4) is 0 Å². The van der Waals surface area contributed by atoms with Crippen molar-refractivity contribution in [3.05, 3.63) is 35.9 Å². The van der Waals surface area contributed by atoms with Gasteiger partial charge in [0, 0.05) is 6.04 Å². The monoisotopic (exact) mass is 256 g/mol. The third-order valence-electron chi connectivity index (χ3n) is 2.59. The molecule has 0 amide bonds. The zero-order chi connectivity index (χ0) is 12.7. The molecule has 0 fully saturated rings. The highest BCUT2D eigenvalue weighted by Crippen LogP contribution is 2.09. The third kappa shape index (κ3) is 6.41. The molecule has 0 aliphatic heterocycles. The predicted octanol–water partition coefficient (Wildman–Crippen LogP) is 1.58. The van der Waals surface area contributed by atoms with Gasteiger partial charge >= 0.3 is 0 Å². The summed E-state index contributed by atoms with van der Waals surface area (Å²) in [5, 5.41) is 5.00. The van der Waals surface area contributed by atoms with Crippen LogP contribution in [0.5, 0.6) is 0 Å². The Labute approximate surface area is 103 Å². The molecule has 0 aliphatic rings. The minimum absolute atomic E-state index is 0.0739. The maximum absolute atomic E-state index is 11.0. The first kappa shape index (κ1) is 14.2. The van der Waals surface area contributed by atoms with Crippen molar-refractivity contribution in [2.45, 2.75) is 38.6 Å². The van der Waals surface area contributed by atoms with Crippen LogP contribution in [0.25, 0.3) is 0 Å². The fourth-order valence-corrected chi connectivity index (χ4v) is 2.53. The Morgan fingerprint density at radius 2 is 1.88 bits per heavy atom. The van der Waals surface area contributed by atoms with Crippen LogP contribution in [-0.4, -0.2) is 14.5 Å². The van der Waals surface area contributed by atoms with E-state index in [0.29, 0.717) is 0 Å². The van der Waals surface area contributed by atoms with Crippen LogP contribution < -0.4 is 9.86 Å². The van der Waals surface area contributed by atoms with Gasteiger partial charge in [0.2, 0.25) is 0 Å². The van der Waals surface area contributed by atoms with Crippen LogP contribution in [0.4, 0.5) is 0 Å². The first-order chi connectivity index (χ1) is 8.01. The Morgan fingerprint density at radius 3 is 2.41 bits per heavy atom. The van der Waals surface area contributed by atoms with Gasteiger partial charge < -0.3 is 0 Å². The van der Waals surface area contributed by atoms with Gasteiger partial charge in [-0.3, -0.25) is 0 Å². The summed E-state index contributed by atoms with van der Waals surface area (Å²) in [4.78, 5) is 0. The first-order valence-corrected chi connectivity index (χ1v) is 7.40. The Balaban J connectivity index is 2.50. The van der Waals surface area contributed by atoms with E-state index < -0.39 is 10.2 Å². The van der Waals surface area contributed by atoms with E-state index in [0.717, 1.165) is 25.7 Å². The highest BCUT2D eigenvalue weighted by atomic mass is 32.2. The molecule has 96 valence electrons. The van der Waals surface area contributed by atoms with E-state index in [1.807, 2.05) is 37.3 Å². The lowest BCUT2D eigenvalue weighted by Crippen LogP contribution is -2.39. The SMILES string of the molecule is CCCC(CCc1ccccc1)NS(N)(=O)=O. The molecule has 0 saturated heterocycles. The summed E-state index contributed by atoms with van der Waals surface area (Å²) in [7, 11) is -3.60. The molecule has 5 heteroatoms. The minimum Gasteiger partial charge on any atom is -0.216 e. The smallest absolute Gasteiger partial charge is 0.216 e. The molecule has 1 aromatic rings. The molecular weight excluding hydrogens is 236 g/mol. The van der Waals surface area contributed by atoms with Crippen molar-refractivity contribution in [2.24, 2.45) is 5.14 Å². The Hall–Kier alpha value is -0.910. The molecule has 1 atom stereocenters. The standard InChI is InChI=1S/C12H20N2O2S/c1-2-6-12(14-17(13,15)16)10-9-11-7-4-3-5-8-11/h3-5,7-8,12,14H,2,6,9-10H2,1H3,(H2,13,15,16). The lowest BCUT2D eigenvalue weighted by atomic mass is 10.0. The second-order valence-corrected chi connectivity index (χ2v) is 5.50. The summed E-state index contributed by atoms with van der Waals surface area (Å²) in [6.45, 7) is 2.03. The van der Waals surface area contributed by atoms with Crippen molar-refractivity contribution in [1.82, 2.24) is 4.72 Å². The Morgan fingerprint density at radius 1 is 1.24 bits per heavy atom. The van der Waals surface area contributed by atoms with Crippen LogP contribution >= 0.6 is 0 Å². The summed E-state index contributed by atoms with van der Waals surface area (Å²) in [6.07, 6.45) is 3.37. The van der Waals surface area contributed by atoms with Crippen LogP contribution in [0, 0.1) is 0 Å². The van der Waals surface area contributed by atoms with Crippen molar-refractivity contribution in [3.63, 3.8) is 0 Å². The molecule has 0 heterocycles. The number of benzene rings is 1. The molecule has 0 bridgehead atoms. The van der Waals surface area contributed by atoms with Crippen molar-refractivity contribution in [3.8, 4) is 0 Å². The minimum atomic E-state index is -3.60. The average Bonchev–Trinajstić information content (AvgIpc) is 2.26. The van der Waals surface area contributed by atoms with Gasteiger partial charge in [-0.15, -0.1) is 0 Å². The zero-order valence-electron chi connectivity index (χ0n) is 10.1. The number of rotatable bonds is 7. The van der Waals surface area contributed by atoms with Gasteiger partial charge in [0.05, 0.1) is 0 Å². The van der Waals surface area contributed by atoms with Crippen LogP contribution in [0.15, 0.2) is 30.3 Å². The molecule has 4 nitrogen and oxygen atoms in total. The molecule has 0 radical (unpaired) electrons. The molecule has 0 spiro atoms. The Kier molecular flexibility index (Phi) is 5.61. The largest absolute Gasteiger partial charge is 0.274 e. The van der Waals surface area contributed by atoms with E-state index in [9.17, 15) is 8.42 Å². The fraction of sp³-hybridized carbons (Fsp3) is 0.500. The normalized spacial score (nSPS) is 13.5. The molecule has 1 aromatic carbocycles. The molecule has 0 aliphatic carbocycles. The average molecular weight is 256 g/mol. The number of hydrogen-bond acceptors (Lipinski definition) is 2. The fourth-order valence-electron chi connectivity index (χ4n) is 1.83. The van der Waals surface area contributed by atoms with E-state index in [2.05, 4.69) is 4.72 Å². The van der Waals surface area contributed by atoms with Crippen LogP contribution in [0.2, 0.25) is 0 Å². The topological polar surface area (TPSA) is 72.2 Å². The van der Waals surface area contributed by atoms with Crippen molar-refractivity contribution in [1.29, 1.82) is 0 Å². The molecule has 3 N–H and O–H groups in total. The van der Waals surface area contributed by atoms with Crippen LogP contribution in [-0.2, 0) is 16.6 Å². The number of nitrogens with two attached hydrogens (primary N) is 1. The van der Waals surface area contributed by atoms with Gasteiger partial charge in [-0.05, 0) is 24.8 Å². The Bertz CT molecular complexity index is 417. The van der Waals surface area contributed by atoms with E-state index >= 15 is 0 Å². The predicted molar refractivity (Wildman–Crippen MR) is 69.7 cm³/mol. The molecule has 0 saturated carbocycles. The molecule has 1 rings (SSSR count). The van der Waals surface area contributed by atoms with Gasteiger partial charge in [0.1, 0.15) is 0 Å². The number of aryl methyl sites for hydroxylation is 1. The highest BCUT2D eigenvalue weighted by Gasteiger charge is 2.13. The van der Waals surface area contributed by atoms with Gasteiger partial charge in [0.15, 0.2) is 0 Å². The van der Waals surface area contributed by atoms with Gasteiger partial charge in [0.25, 0.3) is 10.2 Å².